The smallest absolute Gasteiger partial charge is 0.419 e. The van der Waals surface area contributed by atoms with E-state index in [1.807, 2.05) is 12.1 Å². The molecule has 1 aliphatic rings. The van der Waals surface area contributed by atoms with Crippen LogP contribution in [-0.2, 0) is 17.5 Å². The van der Waals surface area contributed by atoms with Gasteiger partial charge in [-0.05, 0) is 72.4 Å². The molecule has 1 atom stereocenters. The van der Waals surface area contributed by atoms with E-state index in [1.54, 1.807) is 12.1 Å². The lowest BCUT2D eigenvalue weighted by atomic mass is 9.84. The molecule has 43 heavy (non-hydrogen) atoms. The molecule has 0 aliphatic heterocycles. The van der Waals surface area contributed by atoms with Gasteiger partial charge in [-0.3, -0.25) is 9.69 Å². The predicted molar refractivity (Wildman–Crippen MR) is 150 cm³/mol. The van der Waals surface area contributed by atoms with Gasteiger partial charge in [0.25, 0.3) is 5.91 Å². The molecule has 0 radical (unpaired) electrons. The van der Waals surface area contributed by atoms with Crippen molar-refractivity contribution in [2.75, 3.05) is 16.8 Å². The molecule has 3 N–H and O–H groups in total. The number of amides is 3. The summed E-state index contributed by atoms with van der Waals surface area (Å²) in [5.74, 6) is -3.45. The van der Waals surface area contributed by atoms with Gasteiger partial charge in [0.1, 0.15) is 5.82 Å². The van der Waals surface area contributed by atoms with Crippen LogP contribution < -0.4 is 15.5 Å². The largest absolute Gasteiger partial charge is 0.479 e. The number of nitrogens with one attached hydrogen (secondary N) is 2. The third kappa shape index (κ3) is 8.30. The number of urea groups is 1. The Morgan fingerprint density at radius 1 is 0.930 bits per heavy atom. The fraction of sp³-hybridized carbons (Fsp3) is 0.323. The van der Waals surface area contributed by atoms with Gasteiger partial charge in [0.15, 0.2) is 0 Å². The monoisotopic (exact) mass is 603 g/mol. The molecule has 12 heteroatoms. The Labute approximate surface area is 244 Å². The number of carbonyl (C=O) groups is 3. The first-order chi connectivity index (χ1) is 20.4. The molecule has 0 saturated heterocycles. The van der Waals surface area contributed by atoms with Crippen LogP contribution in [0.25, 0.3) is 0 Å². The number of carbonyl (C=O) groups excluding carboxylic acids is 2. The Hall–Kier alpha value is -4.48. The van der Waals surface area contributed by atoms with E-state index in [0.717, 1.165) is 37.3 Å². The minimum Gasteiger partial charge on any atom is -0.479 e. The van der Waals surface area contributed by atoms with Gasteiger partial charge in [0, 0.05) is 16.9 Å². The molecule has 7 nitrogen and oxygen atoms in total. The maximum Gasteiger partial charge on any atom is 0.419 e. The number of alkyl halides is 4. The Kier molecular flexibility index (Phi) is 9.99. The van der Waals surface area contributed by atoms with Crippen LogP contribution in [0.5, 0.6) is 0 Å². The molecule has 3 amide bonds. The van der Waals surface area contributed by atoms with Gasteiger partial charge in [-0.25, -0.2) is 18.4 Å². The highest BCUT2D eigenvalue weighted by atomic mass is 19.4. The zero-order valence-corrected chi connectivity index (χ0v) is 23.0. The van der Waals surface area contributed by atoms with E-state index in [1.165, 1.54) is 35.6 Å². The summed E-state index contributed by atoms with van der Waals surface area (Å²) < 4.78 is 66.8. The van der Waals surface area contributed by atoms with Crippen LogP contribution in [0, 0.1) is 5.82 Å². The minimum absolute atomic E-state index is 0.0462. The summed E-state index contributed by atoms with van der Waals surface area (Å²) in [4.78, 5) is 37.6. The summed E-state index contributed by atoms with van der Waals surface area (Å²) in [6, 6.07) is 14.7. The number of carboxylic acids is 1. The summed E-state index contributed by atoms with van der Waals surface area (Å²) in [5, 5.41) is 13.2. The van der Waals surface area contributed by atoms with Crippen molar-refractivity contribution in [3.05, 3.63) is 94.8 Å². The van der Waals surface area contributed by atoms with Crippen molar-refractivity contribution in [3.63, 3.8) is 0 Å². The Morgan fingerprint density at radius 2 is 1.58 bits per heavy atom. The number of carboxylic acid groups (broad SMARTS) is 1. The molecular formula is C31H30F5N3O4. The molecule has 1 aliphatic carbocycles. The first kappa shape index (κ1) is 31.5. The Morgan fingerprint density at radius 3 is 2.19 bits per heavy atom. The maximum atomic E-state index is 13.8. The maximum absolute atomic E-state index is 13.8. The van der Waals surface area contributed by atoms with Crippen molar-refractivity contribution in [2.45, 2.75) is 56.9 Å². The van der Waals surface area contributed by atoms with Gasteiger partial charge in [0.2, 0.25) is 6.17 Å². The molecule has 0 aromatic heterocycles. The van der Waals surface area contributed by atoms with Gasteiger partial charge >= 0.3 is 18.2 Å². The third-order valence-corrected chi connectivity index (χ3v) is 7.32. The van der Waals surface area contributed by atoms with Crippen LogP contribution in [0.1, 0.15) is 65.1 Å². The number of halogens is 5. The van der Waals surface area contributed by atoms with Crippen LogP contribution in [0.2, 0.25) is 0 Å². The lowest BCUT2D eigenvalue weighted by Gasteiger charge is -2.26. The zero-order valence-electron chi connectivity index (χ0n) is 23.0. The van der Waals surface area contributed by atoms with E-state index >= 15 is 0 Å². The summed E-state index contributed by atoms with van der Waals surface area (Å²) in [7, 11) is 0. The van der Waals surface area contributed by atoms with Gasteiger partial charge in [0.05, 0.1) is 18.7 Å². The number of aliphatic carboxylic acids is 1. The average molecular weight is 604 g/mol. The number of nitrogens with zero attached hydrogens (tertiary/aromatic N) is 1. The second kappa shape index (κ2) is 13.7. The van der Waals surface area contributed by atoms with E-state index < -0.39 is 48.2 Å². The first-order valence-electron chi connectivity index (χ1n) is 13.7. The molecule has 3 aromatic rings. The second-order valence-electron chi connectivity index (χ2n) is 10.3. The molecule has 1 saturated carbocycles. The van der Waals surface area contributed by atoms with E-state index in [9.17, 15) is 36.3 Å². The van der Waals surface area contributed by atoms with Crippen molar-refractivity contribution in [3.8, 4) is 0 Å². The molecule has 1 fully saturated rings. The summed E-state index contributed by atoms with van der Waals surface area (Å²) in [6.45, 7) is -0.754. The number of anilines is 2. The summed E-state index contributed by atoms with van der Waals surface area (Å²) in [6.07, 6.45) is -1.60. The van der Waals surface area contributed by atoms with Crippen LogP contribution in [0.3, 0.4) is 0 Å². The summed E-state index contributed by atoms with van der Waals surface area (Å²) >= 11 is 0. The zero-order chi connectivity index (χ0) is 31.1. The first-order valence-corrected chi connectivity index (χ1v) is 13.7. The van der Waals surface area contributed by atoms with E-state index in [-0.39, 0.29) is 17.8 Å². The predicted octanol–water partition coefficient (Wildman–Crippen LogP) is 7.28. The van der Waals surface area contributed by atoms with Gasteiger partial charge in [-0.1, -0.05) is 43.5 Å². The van der Waals surface area contributed by atoms with Crippen molar-refractivity contribution in [2.24, 2.45) is 0 Å². The van der Waals surface area contributed by atoms with Gasteiger partial charge in [-0.2, -0.15) is 13.2 Å². The average Bonchev–Trinajstić information content (AvgIpc) is 2.99. The van der Waals surface area contributed by atoms with Gasteiger partial charge in [-0.15, -0.1) is 0 Å². The topological polar surface area (TPSA) is 98.7 Å². The van der Waals surface area contributed by atoms with E-state index in [4.69, 9.17) is 5.11 Å². The van der Waals surface area contributed by atoms with E-state index in [2.05, 4.69) is 10.6 Å². The minimum atomic E-state index is -4.95. The van der Waals surface area contributed by atoms with Crippen molar-refractivity contribution < 1.29 is 41.4 Å². The normalized spacial score (nSPS) is 14.5. The fourth-order valence-electron chi connectivity index (χ4n) is 4.97. The Balaban J connectivity index is 1.55. The molecule has 1 unspecified atom stereocenters. The van der Waals surface area contributed by atoms with Crippen LogP contribution >= 0.6 is 0 Å². The van der Waals surface area contributed by atoms with Crippen molar-refractivity contribution in [1.29, 1.82) is 0 Å². The standard InChI is InChI=1S/C31H30F5N3O4/c32-26-15-12-23(16-25(26)31(34,35)36)38-30(43)39(24-13-10-21(11-14-24)20-4-2-1-3-5-20)18-19-6-8-22(9-7-19)28(40)37-17-27(33)29(41)42/h6-16,20,27H,1-5,17-18H2,(H,37,40)(H,38,43)(H,41,42). The molecule has 0 heterocycles. The van der Waals surface area contributed by atoms with Crippen LogP contribution in [0.15, 0.2) is 66.7 Å². The van der Waals surface area contributed by atoms with E-state index in [0.29, 0.717) is 29.3 Å². The van der Waals surface area contributed by atoms with Crippen molar-refractivity contribution >= 4 is 29.3 Å². The number of hydrogen-bond donors (Lipinski definition) is 3. The fourth-order valence-corrected chi connectivity index (χ4v) is 4.97. The Bertz CT molecular complexity index is 1440. The number of rotatable bonds is 9. The summed E-state index contributed by atoms with van der Waals surface area (Å²) in [5.41, 5.74) is 0.505. The molecule has 228 valence electrons. The molecule has 0 bridgehead atoms. The van der Waals surface area contributed by atoms with Crippen molar-refractivity contribution in [1.82, 2.24) is 5.32 Å². The highest BCUT2D eigenvalue weighted by Gasteiger charge is 2.34. The van der Waals surface area contributed by atoms with Crippen LogP contribution in [0.4, 0.5) is 38.1 Å². The van der Waals surface area contributed by atoms with Gasteiger partial charge < -0.3 is 15.7 Å². The third-order valence-electron chi connectivity index (χ3n) is 7.32. The number of benzene rings is 3. The lowest BCUT2D eigenvalue weighted by Crippen LogP contribution is -2.35. The molecule has 0 spiro atoms. The SMILES string of the molecule is O=C(NCC(F)C(=O)O)c1ccc(CN(C(=O)Nc2ccc(F)c(C(F)(F)F)c2)c2ccc(C3CCCCC3)cc2)cc1. The number of hydrogen-bond acceptors (Lipinski definition) is 3. The highest BCUT2D eigenvalue weighted by molar-refractivity contribution is 6.01. The molecule has 3 aromatic carbocycles. The lowest BCUT2D eigenvalue weighted by molar-refractivity contribution is -0.142. The second-order valence-corrected chi connectivity index (χ2v) is 10.3. The quantitative estimate of drug-likeness (QED) is 0.224. The van der Waals surface area contributed by atoms with Crippen LogP contribution in [-0.4, -0.2) is 35.7 Å². The highest BCUT2D eigenvalue weighted by Crippen LogP contribution is 2.35. The molecule has 4 rings (SSSR count). The molecular weight excluding hydrogens is 573 g/mol.